The van der Waals surface area contributed by atoms with E-state index in [0.717, 1.165) is 12.8 Å². The first-order valence-electron chi connectivity index (χ1n) is 6.92. The number of carbonyl (C=O) groups excluding carboxylic acids is 2. The number of rotatable bonds is 11. The fourth-order valence-electron chi connectivity index (χ4n) is 1.61. The Bertz CT molecular complexity index is 269. The number of hydrogen-bond acceptors (Lipinski definition) is 3. The first kappa shape index (κ1) is 16.9. The lowest BCUT2D eigenvalue weighted by atomic mass is 10.1. The lowest BCUT2D eigenvalue weighted by Crippen LogP contribution is -2.08. The number of carbonyl (C=O) groups is 2. The van der Waals surface area contributed by atoms with E-state index in [9.17, 15) is 9.59 Å². The molecule has 0 rings (SSSR count). The van der Waals surface area contributed by atoms with Crippen LogP contribution in [0.3, 0.4) is 0 Å². The van der Waals surface area contributed by atoms with Gasteiger partial charge in [-0.05, 0) is 19.8 Å². The zero-order valence-electron chi connectivity index (χ0n) is 11.8. The van der Waals surface area contributed by atoms with Crippen LogP contribution in [0.1, 0.15) is 65.2 Å². The molecule has 0 aliphatic carbocycles. The molecule has 0 bridgehead atoms. The van der Waals surface area contributed by atoms with Gasteiger partial charge in [0.1, 0.15) is 5.78 Å². The number of unbranched alkanes of at least 4 members (excludes halogenated alkanes) is 4. The highest BCUT2D eigenvalue weighted by Crippen LogP contribution is 2.07. The van der Waals surface area contributed by atoms with Gasteiger partial charge >= 0.3 is 5.97 Å². The standard InChI is InChI=1S/C15H26O3/c1-4-5-6-7-8-10-14(16)11-9-12-18-15(17)13(2)3/h2,4-12H2,1,3H3. The highest BCUT2D eigenvalue weighted by molar-refractivity contribution is 5.86. The van der Waals surface area contributed by atoms with Gasteiger partial charge < -0.3 is 4.74 Å². The van der Waals surface area contributed by atoms with Gasteiger partial charge in [0.05, 0.1) is 6.61 Å². The van der Waals surface area contributed by atoms with Crippen LogP contribution in [-0.2, 0) is 14.3 Å². The van der Waals surface area contributed by atoms with Crippen LogP contribution in [0.2, 0.25) is 0 Å². The average molecular weight is 254 g/mol. The Balaban J connectivity index is 3.37. The summed E-state index contributed by atoms with van der Waals surface area (Å²) < 4.78 is 4.92. The van der Waals surface area contributed by atoms with E-state index in [0.29, 0.717) is 31.4 Å². The first-order valence-corrected chi connectivity index (χ1v) is 6.92. The maximum Gasteiger partial charge on any atom is 0.333 e. The summed E-state index contributed by atoms with van der Waals surface area (Å²) in [5, 5.41) is 0. The number of esters is 1. The van der Waals surface area contributed by atoms with Crippen LogP contribution in [0.25, 0.3) is 0 Å². The van der Waals surface area contributed by atoms with Crippen LogP contribution < -0.4 is 0 Å². The first-order chi connectivity index (χ1) is 8.57. The SMILES string of the molecule is C=C(C)C(=O)OCCCC(=O)CCCCCCC. The lowest BCUT2D eigenvalue weighted by Gasteiger charge is -2.04. The molecule has 0 spiro atoms. The van der Waals surface area contributed by atoms with Crippen molar-refractivity contribution in [3.63, 3.8) is 0 Å². The smallest absolute Gasteiger partial charge is 0.333 e. The second-order valence-corrected chi connectivity index (χ2v) is 4.72. The minimum Gasteiger partial charge on any atom is -0.462 e. The van der Waals surface area contributed by atoms with E-state index in [4.69, 9.17) is 4.74 Å². The molecule has 0 aromatic heterocycles. The van der Waals surface area contributed by atoms with Crippen molar-refractivity contribution < 1.29 is 14.3 Å². The molecule has 0 aromatic rings. The maximum atomic E-state index is 11.5. The molecular formula is C15H26O3. The highest BCUT2D eigenvalue weighted by atomic mass is 16.5. The fourth-order valence-corrected chi connectivity index (χ4v) is 1.61. The van der Waals surface area contributed by atoms with Crippen molar-refractivity contribution in [1.82, 2.24) is 0 Å². The largest absolute Gasteiger partial charge is 0.462 e. The molecule has 0 aliphatic rings. The quantitative estimate of drug-likeness (QED) is 0.320. The number of ketones is 1. The van der Waals surface area contributed by atoms with Crippen LogP contribution in [0.15, 0.2) is 12.2 Å². The molecule has 0 unspecified atom stereocenters. The van der Waals surface area contributed by atoms with E-state index in [2.05, 4.69) is 13.5 Å². The summed E-state index contributed by atoms with van der Waals surface area (Å²) in [5.74, 6) is -0.0973. The highest BCUT2D eigenvalue weighted by Gasteiger charge is 2.05. The van der Waals surface area contributed by atoms with Gasteiger partial charge in [-0.3, -0.25) is 4.79 Å². The van der Waals surface area contributed by atoms with Crippen LogP contribution >= 0.6 is 0 Å². The third kappa shape index (κ3) is 10.1. The Morgan fingerprint density at radius 1 is 1.00 bits per heavy atom. The van der Waals surface area contributed by atoms with E-state index in [1.54, 1.807) is 6.92 Å². The zero-order chi connectivity index (χ0) is 13.8. The van der Waals surface area contributed by atoms with Crippen LogP contribution in [0, 0.1) is 0 Å². The topological polar surface area (TPSA) is 43.4 Å². The van der Waals surface area contributed by atoms with Crippen molar-refractivity contribution in [3.8, 4) is 0 Å². The minimum atomic E-state index is -0.373. The van der Waals surface area contributed by atoms with Gasteiger partial charge in [0.25, 0.3) is 0 Å². The van der Waals surface area contributed by atoms with Gasteiger partial charge in [0.2, 0.25) is 0 Å². The second kappa shape index (κ2) is 11.0. The van der Waals surface area contributed by atoms with E-state index in [1.807, 2.05) is 0 Å². The zero-order valence-corrected chi connectivity index (χ0v) is 11.8. The minimum absolute atomic E-state index is 0.276. The lowest BCUT2D eigenvalue weighted by molar-refractivity contribution is -0.139. The Labute approximate surface area is 111 Å². The Morgan fingerprint density at radius 2 is 1.61 bits per heavy atom. The molecule has 0 aliphatic heterocycles. The third-order valence-corrected chi connectivity index (χ3v) is 2.74. The molecule has 0 radical (unpaired) electrons. The summed E-state index contributed by atoms with van der Waals surface area (Å²) in [4.78, 5) is 22.5. The van der Waals surface area contributed by atoms with Gasteiger partial charge in [-0.15, -0.1) is 0 Å². The Hall–Kier alpha value is -1.12. The van der Waals surface area contributed by atoms with Crippen molar-refractivity contribution in [2.24, 2.45) is 0 Å². The van der Waals surface area contributed by atoms with E-state index >= 15 is 0 Å². The van der Waals surface area contributed by atoms with Gasteiger partial charge in [-0.1, -0.05) is 39.2 Å². The van der Waals surface area contributed by atoms with Crippen molar-refractivity contribution in [1.29, 1.82) is 0 Å². The van der Waals surface area contributed by atoms with E-state index < -0.39 is 0 Å². The summed E-state index contributed by atoms with van der Waals surface area (Å²) in [7, 11) is 0. The number of hydrogen-bond donors (Lipinski definition) is 0. The molecule has 104 valence electrons. The summed E-state index contributed by atoms with van der Waals surface area (Å²) in [5.41, 5.74) is 0.400. The monoisotopic (exact) mass is 254 g/mol. The van der Waals surface area contributed by atoms with Gasteiger partial charge in [-0.2, -0.15) is 0 Å². The normalized spacial score (nSPS) is 10.1. The van der Waals surface area contributed by atoms with Crippen LogP contribution in [-0.4, -0.2) is 18.4 Å². The van der Waals surface area contributed by atoms with Gasteiger partial charge in [-0.25, -0.2) is 4.79 Å². The Kier molecular flexibility index (Phi) is 10.3. The average Bonchev–Trinajstić information content (AvgIpc) is 2.34. The number of ether oxygens (including phenoxy) is 1. The third-order valence-electron chi connectivity index (χ3n) is 2.74. The predicted molar refractivity (Wildman–Crippen MR) is 73.4 cm³/mol. The van der Waals surface area contributed by atoms with Gasteiger partial charge in [0.15, 0.2) is 0 Å². The van der Waals surface area contributed by atoms with E-state index in [1.165, 1.54) is 19.3 Å². The molecule has 0 saturated heterocycles. The van der Waals surface area contributed by atoms with Gasteiger partial charge in [0, 0.05) is 18.4 Å². The molecule has 3 nitrogen and oxygen atoms in total. The fraction of sp³-hybridized carbons (Fsp3) is 0.733. The maximum absolute atomic E-state index is 11.5. The summed E-state index contributed by atoms with van der Waals surface area (Å²) in [6, 6.07) is 0. The van der Waals surface area contributed by atoms with Crippen molar-refractivity contribution >= 4 is 11.8 Å². The van der Waals surface area contributed by atoms with Crippen molar-refractivity contribution in [2.75, 3.05) is 6.61 Å². The van der Waals surface area contributed by atoms with Crippen molar-refractivity contribution in [3.05, 3.63) is 12.2 Å². The molecule has 3 heteroatoms. The second-order valence-electron chi connectivity index (χ2n) is 4.72. The Morgan fingerprint density at radius 3 is 2.22 bits per heavy atom. The summed E-state index contributed by atoms with van der Waals surface area (Å²) in [6.45, 7) is 7.60. The molecular weight excluding hydrogens is 228 g/mol. The molecule has 18 heavy (non-hydrogen) atoms. The molecule has 0 saturated carbocycles. The summed E-state index contributed by atoms with van der Waals surface area (Å²) >= 11 is 0. The molecule has 0 N–H and O–H groups in total. The molecule has 0 amide bonds. The van der Waals surface area contributed by atoms with Crippen LogP contribution in [0.5, 0.6) is 0 Å². The molecule has 0 heterocycles. The molecule has 0 fully saturated rings. The van der Waals surface area contributed by atoms with Crippen LogP contribution in [0.4, 0.5) is 0 Å². The molecule has 0 atom stereocenters. The van der Waals surface area contributed by atoms with E-state index in [-0.39, 0.29) is 11.8 Å². The van der Waals surface area contributed by atoms with Crippen molar-refractivity contribution in [2.45, 2.75) is 65.2 Å². The number of Topliss-reactive ketones (excluding diaryl/α,β-unsaturated/α-hetero) is 1. The predicted octanol–water partition coefficient (Wildman–Crippen LogP) is 3.82. The molecule has 0 aromatic carbocycles. The summed E-state index contributed by atoms with van der Waals surface area (Å²) in [6.07, 6.45) is 7.63.